The predicted molar refractivity (Wildman–Crippen MR) is 79.6 cm³/mol. The molecule has 0 N–H and O–H groups in total. The smallest absolute Gasteiger partial charge is 0.0208 e. The largest absolute Gasteiger partial charge is 0.0620 e. The highest BCUT2D eigenvalue weighted by Crippen LogP contribution is 2.50. The van der Waals surface area contributed by atoms with Gasteiger partial charge in [0.1, 0.15) is 0 Å². The van der Waals surface area contributed by atoms with E-state index in [-0.39, 0.29) is 0 Å². The average molecular weight is 248 g/mol. The molecule has 0 heterocycles. The van der Waals surface area contributed by atoms with Gasteiger partial charge in [0.15, 0.2) is 0 Å². The molecule has 1 fully saturated rings. The van der Waals surface area contributed by atoms with E-state index < -0.39 is 0 Å². The second-order valence-corrected chi connectivity index (χ2v) is 6.13. The Kier molecular flexibility index (Phi) is 2.51. The lowest BCUT2D eigenvalue weighted by molar-refractivity contribution is 0.338. The molecule has 1 spiro atoms. The zero-order valence-corrected chi connectivity index (χ0v) is 11.4. The van der Waals surface area contributed by atoms with Crippen molar-refractivity contribution in [2.24, 2.45) is 0 Å². The third-order valence-electron chi connectivity index (χ3n) is 5.15. The highest BCUT2D eigenvalue weighted by molar-refractivity contribution is 5.53. The number of benzene rings is 2. The number of fused-ring (bicyclic) bond motifs is 4. The summed E-state index contributed by atoms with van der Waals surface area (Å²) in [5.74, 6) is 0. The topological polar surface area (TPSA) is 0 Å². The van der Waals surface area contributed by atoms with Gasteiger partial charge in [-0.05, 0) is 41.5 Å². The fourth-order valence-corrected chi connectivity index (χ4v) is 4.33. The summed E-state index contributed by atoms with van der Waals surface area (Å²) in [5.41, 5.74) is 6.68. The molecule has 2 aromatic carbocycles. The zero-order chi connectivity index (χ0) is 12.7. The van der Waals surface area contributed by atoms with E-state index in [0.717, 1.165) is 6.42 Å². The summed E-state index contributed by atoms with van der Waals surface area (Å²) in [7, 11) is 0. The molecule has 0 radical (unpaired) electrons. The van der Waals surface area contributed by atoms with Crippen molar-refractivity contribution in [1.82, 2.24) is 0 Å². The minimum Gasteiger partial charge on any atom is -0.0620 e. The van der Waals surface area contributed by atoms with Gasteiger partial charge >= 0.3 is 0 Å². The minimum absolute atomic E-state index is 0.323. The quantitative estimate of drug-likeness (QED) is 0.625. The van der Waals surface area contributed by atoms with Gasteiger partial charge in [-0.1, -0.05) is 67.8 Å². The van der Waals surface area contributed by atoms with E-state index in [1.165, 1.54) is 32.1 Å². The molecule has 0 saturated heterocycles. The lowest BCUT2D eigenvalue weighted by Crippen LogP contribution is -2.35. The summed E-state index contributed by atoms with van der Waals surface area (Å²) < 4.78 is 0. The van der Waals surface area contributed by atoms with E-state index in [4.69, 9.17) is 0 Å². The molecule has 0 unspecified atom stereocenters. The van der Waals surface area contributed by atoms with Gasteiger partial charge in [0.2, 0.25) is 0 Å². The summed E-state index contributed by atoms with van der Waals surface area (Å²) in [6.07, 6.45) is 7.95. The number of hydrogen-bond donors (Lipinski definition) is 0. The van der Waals surface area contributed by atoms with Crippen molar-refractivity contribution < 1.29 is 0 Å². The maximum atomic E-state index is 2.39. The fourth-order valence-electron chi connectivity index (χ4n) is 4.33. The third-order valence-corrected chi connectivity index (χ3v) is 5.15. The fraction of sp³-hybridized carbons (Fsp3) is 0.368. The standard InChI is InChI=1S/C19H20/c1-6-12-19(13-7-1)17-10-4-2-8-15(17)14-16-9-3-5-11-18(16)19/h2-5,8-11H,1,6-7,12-14H2. The van der Waals surface area contributed by atoms with Gasteiger partial charge in [-0.3, -0.25) is 0 Å². The Hall–Kier alpha value is -1.56. The SMILES string of the molecule is c1ccc2c(c1)Cc1ccccc1C21CCCCC1. The van der Waals surface area contributed by atoms with Crippen LogP contribution < -0.4 is 0 Å². The molecule has 19 heavy (non-hydrogen) atoms. The second kappa shape index (κ2) is 4.23. The van der Waals surface area contributed by atoms with Crippen LogP contribution in [0.4, 0.5) is 0 Å². The van der Waals surface area contributed by atoms with Gasteiger partial charge in [0.25, 0.3) is 0 Å². The Morgan fingerprint density at radius 3 is 1.74 bits per heavy atom. The molecule has 2 aliphatic carbocycles. The van der Waals surface area contributed by atoms with Crippen molar-refractivity contribution in [2.45, 2.75) is 43.9 Å². The molecular weight excluding hydrogens is 228 g/mol. The van der Waals surface area contributed by atoms with E-state index >= 15 is 0 Å². The van der Waals surface area contributed by atoms with Gasteiger partial charge < -0.3 is 0 Å². The van der Waals surface area contributed by atoms with Crippen LogP contribution in [0.15, 0.2) is 48.5 Å². The molecule has 1 saturated carbocycles. The van der Waals surface area contributed by atoms with E-state index in [1.54, 1.807) is 22.3 Å². The first-order valence-corrected chi connectivity index (χ1v) is 7.57. The van der Waals surface area contributed by atoms with E-state index in [0.29, 0.717) is 5.41 Å². The van der Waals surface area contributed by atoms with Crippen LogP contribution in [0.5, 0.6) is 0 Å². The first-order valence-electron chi connectivity index (χ1n) is 7.57. The molecule has 0 atom stereocenters. The van der Waals surface area contributed by atoms with Crippen molar-refractivity contribution in [3.05, 3.63) is 70.8 Å². The predicted octanol–water partition coefficient (Wildman–Crippen LogP) is 4.84. The van der Waals surface area contributed by atoms with Crippen molar-refractivity contribution in [3.63, 3.8) is 0 Å². The summed E-state index contributed by atoms with van der Waals surface area (Å²) in [6.45, 7) is 0. The van der Waals surface area contributed by atoms with Crippen LogP contribution in [-0.2, 0) is 11.8 Å². The van der Waals surface area contributed by atoms with Crippen molar-refractivity contribution in [3.8, 4) is 0 Å². The molecule has 0 amide bonds. The van der Waals surface area contributed by atoms with Crippen LogP contribution >= 0.6 is 0 Å². The Bertz CT molecular complexity index is 555. The van der Waals surface area contributed by atoms with Gasteiger partial charge in [-0.15, -0.1) is 0 Å². The first-order chi connectivity index (χ1) is 9.40. The second-order valence-electron chi connectivity index (χ2n) is 6.13. The monoisotopic (exact) mass is 248 g/mol. The van der Waals surface area contributed by atoms with Crippen LogP contribution in [0.25, 0.3) is 0 Å². The molecule has 0 nitrogen and oxygen atoms in total. The maximum Gasteiger partial charge on any atom is 0.0208 e. The minimum atomic E-state index is 0.323. The van der Waals surface area contributed by atoms with Crippen LogP contribution in [0.3, 0.4) is 0 Å². The molecule has 0 bridgehead atoms. The van der Waals surface area contributed by atoms with Crippen LogP contribution in [0.1, 0.15) is 54.4 Å². The van der Waals surface area contributed by atoms with Gasteiger partial charge in [0.05, 0.1) is 0 Å². The maximum absolute atomic E-state index is 2.39. The number of rotatable bonds is 0. The Morgan fingerprint density at radius 2 is 1.16 bits per heavy atom. The van der Waals surface area contributed by atoms with E-state index in [1.807, 2.05) is 0 Å². The van der Waals surface area contributed by atoms with Gasteiger partial charge in [-0.25, -0.2) is 0 Å². The highest BCUT2D eigenvalue weighted by Gasteiger charge is 2.40. The van der Waals surface area contributed by atoms with Crippen molar-refractivity contribution in [2.75, 3.05) is 0 Å². The highest BCUT2D eigenvalue weighted by atomic mass is 14.4. The Labute approximate surface area is 115 Å². The van der Waals surface area contributed by atoms with Crippen molar-refractivity contribution in [1.29, 1.82) is 0 Å². The van der Waals surface area contributed by atoms with Crippen LogP contribution in [0, 0.1) is 0 Å². The molecule has 2 aromatic rings. The molecule has 0 aromatic heterocycles. The molecule has 2 aliphatic rings. The third kappa shape index (κ3) is 1.59. The summed E-state index contributed by atoms with van der Waals surface area (Å²) in [6, 6.07) is 18.3. The lowest BCUT2D eigenvalue weighted by atomic mass is 9.60. The lowest BCUT2D eigenvalue weighted by Gasteiger charge is -2.43. The first kappa shape index (κ1) is 11.3. The van der Waals surface area contributed by atoms with Gasteiger partial charge in [-0.2, -0.15) is 0 Å². The molecule has 0 aliphatic heterocycles. The summed E-state index contributed by atoms with van der Waals surface area (Å²) >= 11 is 0. The average Bonchev–Trinajstić information content (AvgIpc) is 2.49. The van der Waals surface area contributed by atoms with E-state index in [2.05, 4.69) is 48.5 Å². The van der Waals surface area contributed by atoms with E-state index in [9.17, 15) is 0 Å². The Balaban J connectivity index is 1.98. The molecule has 4 rings (SSSR count). The van der Waals surface area contributed by atoms with Crippen LogP contribution in [-0.4, -0.2) is 0 Å². The molecular formula is C19H20. The Morgan fingerprint density at radius 1 is 0.632 bits per heavy atom. The normalized spacial score (nSPS) is 19.8. The van der Waals surface area contributed by atoms with Crippen LogP contribution in [0.2, 0.25) is 0 Å². The number of hydrogen-bond acceptors (Lipinski definition) is 0. The molecule has 0 heteroatoms. The molecule has 96 valence electrons. The summed E-state index contributed by atoms with van der Waals surface area (Å²) in [5, 5.41) is 0. The zero-order valence-electron chi connectivity index (χ0n) is 11.4. The van der Waals surface area contributed by atoms with Gasteiger partial charge in [0, 0.05) is 5.41 Å². The van der Waals surface area contributed by atoms with Crippen molar-refractivity contribution >= 4 is 0 Å². The summed E-state index contributed by atoms with van der Waals surface area (Å²) in [4.78, 5) is 0.